The molecule has 0 aromatic rings. The van der Waals surface area contributed by atoms with E-state index in [1.165, 1.54) is 25.7 Å². The monoisotopic (exact) mass is 264 g/mol. The first-order chi connectivity index (χ1) is 9.00. The predicted octanol–water partition coefficient (Wildman–Crippen LogP) is 1.55. The average molecular weight is 264 g/mol. The molecule has 3 rings (SSSR count). The van der Waals surface area contributed by atoms with Gasteiger partial charge in [-0.2, -0.15) is 0 Å². The predicted molar refractivity (Wildman–Crippen MR) is 72.4 cm³/mol. The summed E-state index contributed by atoms with van der Waals surface area (Å²) in [5.41, 5.74) is 0.385. The normalized spacial score (nSPS) is 29.6. The van der Waals surface area contributed by atoms with Gasteiger partial charge in [-0.15, -0.1) is 0 Å². The number of hydrogen-bond acceptors (Lipinski definition) is 2. The van der Waals surface area contributed by atoms with Crippen LogP contribution in [-0.2, 0) is 9.59 Å². The van der Waals surface area contributed by atoms with Crippen molar-refractivity contribution in [2.24, 2.45) is 17.3 Å². The molecule has 106 valence electrons. The highest BCUT2D eigenvalue weighted by Crippen LogP contribution is 2.61. The molecule has 0 aromatic carbocycles. The minimum atomic E-state index is -0.295. The molecule has 0 spiro atoms. The van der Waals surface area contributed by atoms with Gasteiger partial charge in [0.2, 0.25) is 11.8 Å². The summed E-state index contributed by atoms with van der Waals surface area (Å²) in [5.74, 6) is 1.40. The van der Waals surface area contributed by atoms with Gasteiger partial charge in [0.05, 0.1) is 6.54 Å². The number of nitrogens with zero attached hydrogens (tertiary/aromatic N) is 1. The van der Waals surface area contributed by atoms with Crippen LogP contribution in [-0.4, -0.2) is 35.8 Å². The minimum Gasteiger partial charge on any atom is -0.343 e. The van der Waals surface area contributed by atoms with Crippen molar-refractivity contribution in [1.82, 2.24) is 10.2 Å². The zero-order valence-electron chi connectivity index (χ0n) is 11.9. The fraction of sp³-hybridized carbons (Fsp3) is 0.867. The highest BCUT2D eigenvalue weighted by Gasteiger charge is 2.55. The molecule has 1 atom stereocenters. The molecule has 19 heavy (non-hydrogen) atoms. The van der Waals surface area contributed by atoms with Crippen molar-refractivity contribution in [2.45, 2.75) is 52.0 Å². The Hall–Kier alpha value is -1.06. The SMILES string of the molecule is CC(C)CC1NC(=O)CN(CC2(C3CC3)CC2)C1=O. The largest absolute Gasteiger partial charge is 0.343 e. The molecule has 0 aromatic heterocycles. The lowest BCUT2D eigenvalue weighted by Gasteiger charge is -2.35. The van der Waals surface area contributed by atoms with Crippen LogP contribution in [0.15, 0.2) is 0 Å². The van der Waals surface area contributed by atoms with Crippen LogP contribution < -0.4 is 5.32 Å². The zero-order valence-corrected chi connectivity index (χ0v) is 11.9. The topological polar surface area (TPSA) is 49.4 Å². The lowest BCUT2D eigenvalue weighted by Crippen LogP contribution is -2.59. The van der Waals surface area contributed by atoms with Gasteiger partial charge in [0.15, 0.2) is 0 Å². The van der Waals surface area contributed by atoms with Crippen molar-refractivity contribution in [3.05, 3.63) is 0 Å². The summed E-state index contributed by atoms with van der Waals surface area (Å²) in [5, 5.41) is 2.85. The fourth-order valence-electron chi connectivity index (χ4n) is 3.47. The van der Waals surface area contributed by atoms with Crippen LogP contribution in [0, 0.1) is 17.3 Å². The Morgan fingerprint density at radius 2 is 2.00 bits per heavy atom. The molecule has 0 bridgehead atoms. The van der Waals surface area contributed by atoms with E-state index < -0.39 is 0 Å². The van der Waals surface area contributed by atoms with Crippen LogP contribution >= 0.6 is 0 Å². The molecule has 1 N–H and O–H groups in total. The number of carbonyl (C=O) groups excluding carboxylic acids is 2. The van der Waals surface area contributed by atoms with Crippen molar-refractivity contribution in [2.75, 3.05) is 13.1 Å². The summed E-state index contributed by atoms with van der Waals surface area (Å²) in [6, 6.07) is -0.295. The molecule has 2 aliphatic carbocycles. The van der Waals surface area contributed by atoms with Gasteiger partial charge in [-0.25, -0.2) is 0 Å². The third-order valence-corrected chi connectivity index (χ3v) is 4.83. The summed E-state index contributed by atoms with van der Waals surface area (Å²) in [4.78, 5) is 26.1. The van der Waals surface area contributed by atoms with Crippen molar-refractivity contribution in [3.8, 4) is 0 Å². The maximum Gasteiger partial charge on any atom is 0.245 e. The van der Waals surface area contributed by atoms with E-state index in [1.54, 1.807) is 0 Å². The Labute approximate surface area is 114 Å². The highest BCUT2D eigenvalue weighted by molar-refractivity contribution is 5.94. The van der Waals surface area contributed by atoms with Crippen LogP contribution in [0.5, 0.6) is 0 Å². The molecule has 2 amide bonds. The van der Waals surface area contributed by atoms with Crippen LogP contribution in [0.1, 0.15) is 46.0 Å². The second-order valence-corrected chi connectivity index (χ2v) is 7.08. The summed E-state index contributed by atoms with van der Waals surface area (Å²) in [6.07, 6.45) is 5.89. The standard InChI is InChI=1S/C15H24N2O2/c1-10(2)7-12-14(19)17(8-13(18)16-12)9-15(5-6-15)11-3-4-11/h10-12H,3-9H2,1-2H3,(H,16,18). The number of piperazine rings is 1. The first-order valence-electron chi connectivity index (χ1n) is 7.58. The van der Waals surface area contributed by atoms with E-state index in [0.717, 1.165) is 18.9 Å². The number of rotatable bonds is 5. The van der Waals surface area contributed by atoms with E-state index in [1.807, 2.05) is 4.90 Å². The molecular formula is C15H24N2O2. The van der Waals surface area contributed by atoms with Crippen LogP contribution in [0.3, 0.4) is 0 Å². The minimum absolute atomic E-state index is 0.0110. The van der Waals surface area contributed by atoms with Gasteiger partial charge in [-0.1, -0.05) is 13.8 Å². The molecule has 3 fully saturated rings. The van der Waals surface area contributed by atoms with Crippen molar-refractivity contribution in [1.29, 1.82) is 0 Å². The number of nitrogens with one attached hydrogen (secondary N) is 1. The van der Waals surface area contributed by atoms with Crippen molar-refractivity contribution >= 4 is 11.8 Å². The van der Waals surface area contributed by atoms with Gasteiger partial charge in [0, 0.05) is 6.54 Å². The van der Waals surface area contributed by atoms with E-state index in [4.69, 9.17) is 0 Å². The number of hydrogen-bond donors (Lipinski definition) is 1. The van der Waals surface area contributed by atoms with E-state index in [9.17, 15) is 9.59 Å². The molecule has 2 saturated carbocycles. The van der Waals surface area contributed by atoms with Crippen LogP contribution in [0.25, 0.3) is 0 Å². The Balaban J connectivity index is 1.66. The van der Waals surface area contributed by atoms with Crippen LogP contribution in [0.4, 0.5) is 0 Å². The maximum atomic E-state index is 12.5. The van der Waals surface area contributed by atoms with Gasteiger partial charge in [0.1, 0.15) is 6.04 Å². The Morgan fingerprint density at radius 1 is 1.32 bits per heavy atom. The van der Waals surface area contributed by atoms with Crippen molar-refractivity contribution in [3.63, 3.8) is 0 Å². The third kappa shape index (κ3) is 2.63. The molecule has 4 nitrogen and oxygen atoms in total. The van der Waals surface area contributed by atoms with Crippen molar-refractivity contribution < 1.29 is 9.59 Å². The van der Waals surface area contributed by atoms with Crippen LogP contribution in [0.2, 0.25) is 0 Å². The molecule has 0 radical (unpaired) electrons. The first-order valence-corrected chi connectivity index (χ1v) is 7.58. The Bertz CT molecular complexity index is 397. The number of carbonyl (C=O) groups is 2. The van der Waals surface area contributed by atoms with Gasteiger partial charge in [0.25, 0.3) is 0 Å². The second-order valence-electron chi connectivity index (χ2n) is 7.08. The highest BCUT2D eigenvalue weighted by atomic mass is 16.2. The summed E-state index contributed by atoms with van der Waals surface area (Å²) < 4.78 is 0. The molecular weight excluding hydrogens is 240 g/mol. The first kappa shape index (κ1) is 12.9. The molecule has 1 saturated heterocycles. The molecule has 1 heterocycles. The smallest absolute Gasteiger partial charge is 0.245 e. The second kappa shape index (κ2) is 4.50. The Morgan fingerprint density at radius 3 is 2.53 bits per heavy atom. The molecule has 3 aliphatic rings. The molecule has 1 unspecified atom stereocenters. The lowest BCUT2D eigenvalue weighted by molar-refractivity contribution is -0.145. The summed E-state index contributed by atoms with van der Waals surface area (Å²) >= 11 is 0. The number of amides is 2. The molecule has 1 aliphatic heterocycles. The van der Waals surface area contributed by atoms with E-state index >= 15 is 0 Å². The lowest BCUT2D eigenvalue weighted by atomic mass is 9.96. The Kier molecular flexibility index (Phi) is 3.06. The molecule has 4 heteroatoms. The summed E-state index contributed by atoms with van der Waals surface area (Å²) in [7, 11) is 0. The third-order valence-electron chi connectivity index (χ3n) is 4.83. The van der Waals surface area contributed by atoms with E-state index in [0.29, 0.717) is 11.3 Å². The van der Waals surface area contributed by atoms with E-state index in [2.05, 4.69) is 19.2 Å². The zero-order chi connectivity index (χ0) is 13.6. The maximum absolute atomic E-state index is 12.5. The summed E-state index contributed by atoms with van der Waals surface area (Å²) in [6.45, 7) is 5.26. The van der Waals surface area contributed by atoms with Gasteiger partial charge >= 0.3 is 0 Å². The van der Waals surface area contributed by atoms with Gasteiger partial charge < -0.3 is 10.2 Å². The van der Waals surface area contributed by atoms with E-state index in [-0.39, 0.29) is 24.4 Å². The fourth-order valence-corrected chi connectivity index (χ4v) is 3.47. The van der Waals surface area contributed by atoms with Gasteiger partial charge in [-0.05, 0) is 49.4 Å². The quantitative estimate of drug-likeness (QED) is 0.819. The van der Waals surface area contributed by atoms with Gasteiger partial charge in [-0.3, -0.25) is 9.59 Å². The average Bonchev–Trinajstić information content (AvgIpc) is 3.16.